The van der Waals surface area contributed by atoms with Crippen LogP contribution in [0.5, 0.6) is 0 Å². The number of ether oxygens (including phenoxy) is 1. The van der Waals surface area contributed by atoms with Gasteiger partial charge in [0, 0.05) is 60.1 Å². The molecule has 0 aliphatic heterocycles. The van der Waals surface area contributed by atoms with Gasteiger partial charge in [-0.1, -0.05) is 76.8 Å². The summed E-state index contributed by atoms with van der Waals surface area (Å²) in [6.07, 6.45) is 6.77. The minimum Gasteiger partial charge on any atom is -0.412 e. The molecule has 0 unspecified atom stereocenters. The lowest BCUT2D eigenvalue weighted by Crippen LogP contribution is -2.40. The van der Waals surface area contributed by atoms with E-state index in [1.165, 1.54) is 0 Å². The van der Waals surface area contributed by atoms with Gasteiger partial charge >= 0.3 is 0 Å². The number of para-hydroxylation sites is 2. The first-order valence-corrected chi connectivity index (χ1v) is 30.0. The first kappa shape index (κ1) is 50.7. The zero-order valence-electron chi connectivity index (χ0n) is 42.5. The zero-order valence-corrected chi connectivity index (χ0v) is 44.5. The molecule has 2 aromatic carbocycles. The second-order valence-electron chi connectivity index (χ2n) is 22.4. The minimum atomic E-state index is -1.93. The van der Waals surface area contributed by atoms with E-state index in [9.17, 15) is 14.7 Å². The third-order valence-corrected chi connectivity index (χ3v) is 18.2. The highest BCUT2D eigenvalue weighted by molar-refractivity contribution is 6.76. The zero-order chi connectivity index (χ0) is 50.3. The molecule has 0 bridgehead atoms. The Morgan fingerprint density at radius 3 is 1.84 bits per heavy atom. The third-order valence-electron chi connectivity index (χ3n) is 12.1. The largest absolute Gasteiger partial charge is 0.412 e. The van der Waals surface area contributed by atoms with Crippen LogP contribution in [0.4, 0.5) is 0 Å². The summed E-state index contributed by atoms with van der Waals surface area (Å²) in [5.41, 5.74) is 8.28. The Morgan fingerprint density at radius 2 is 1.28 bits per heavy atom. The van der Waals surface area contributed by atoms with E-state index < -0.39 is 21.9 Å². The van der Waals surface area contributed by atoms with Crippen molar-refractivity contribution in [3.05, 3.63) is 83.4 Å². The number of carbonyl (C=O) groups excluding carboxylic acids is 2. The van der Waals surface area contributed by atoms with Gasteiger partial charge in [0.15, 0.2) is 19.6 Å². The average Bonchev–Trinajstić information content (AvgIpc) is 4.06. The predicted octanol–water partition coefficient (Wildman–Crippen LogP) is 9.86. The number of hydrogen-bond donors (Lipinski definition) is 6. The van der Waals surface area contributed by atoms with Crippen LogP contribution >= 0.6 is 0 Å². The maximum atomic E-state index is 13.4. The molecule has 0 aliphatic carbocycles. The van der Waals surface area contributed by atoms with Crippen molar-refractivity contribution in [3.63, 3.8) is 0 Å². The normalized spacial score (nSPS) is 12.8. The van der Waals surface area contributed by atoms with Crippen molar-refractivity contribution >= 4 is 72.3 Å². The van der Waals surface area contributed by atoms with Crippen molar-refractivity contribution in [2.45, 2.75) is 137 Å². The van der Waals surface area contributed by atoms with Gasteiger partial charge in [-0.2, -0.15) is 10.2 Å². The molecule has 19 heteroatoms. The van der Waals surface area contributed by atoms with Crippen molar-refractivity contribution in [1.82, 2.24) is 60.5 Å². The summed E-state index contributed by atoms with van der Waals surface area (Å²) in [7, 11) is -3.14. The Kier molecular flexibility index (Phi) is 14.2. The molecule has 0 aliphatic rings. The van der Waals surface area contributed by atoms with Gasteiger partial charge in [0.2, 0.25) is 0 Å². The van der Waals surface area contributed by atoms with E-state index in [0.29, 0.717) is 76.0 Å². The highest BCUT2D eigenvalue weighted by Gasteiger charge is 2.37. The fourth-order valence-electron chi connectivity index (χ4n) is 7.28. The van der Waals surface area contributed by atoms with Crippen LogP contribution in [-0.2, 0) is 29.1 Å². The number of rotatable bonds is 13. The highest BCUT2D eigenvalue weighted by Crippen LogP contribution is 2.38. The van der Waals surface area contributed by atoms with Crippen molar-refractivity contribution < 1.29 is 23.9 Å². The van der Waals surface area contributed by atoms with Crippen molar-refractivity contribution in [3.8, 4) is 22.8 Å². The van der Waals surface area contributed by atoms with E-state index in [-0.39, 0.29) is 29.0 Å². The van der Waals surface area contributed by atoms with E-state index in [4.69, 9.17) is 19.1 Å². The van der Waals surface area contributed by atoms with Crippen LogP contribution in [0.3, 0.4) is 0 Å². The number of benzene rings is 2. The monoisotopic (exact) mass is 972 g/mol. The maximum absolute atomic E-state index is 13.4. The highest BCUT2D eigenvalue weighted by atomic mass is 28.4. The molecular formula is C50H68N12O5Si2. The van der Waals surface area contributed by atoms with Crippen LogP contribution in [0.25, 0.3) is 66.9 Å². The maximum Gasteiger partial charge on any atom is 0.255 e. The van der Waals surface area contributed by atoms with Gasteiger partial charge in [-0.3, -0.25) is 19.8 Å². The van der Waals surface area contributed by atoms with Crippen LogP contribution in [0, 0.1) is 0 Å². The first-order valence-electron chi connectivity index (χ1n) is 23.3. The van der Waals surface area contributed by atoms with E-state index in [0.717, 1.165) is 39.2 Å². The number of hydrogen-bond acceptors (Lipinski definition) is 11. The van der Waals surface area contributed by atoms with Crippen LogP contribution in [0.1, 0.15) is 94.2 Å². The topological polar surface area (TPSA) is 227 Å². The molecule has 366 valence electrons. The van der Waals surface area contributed by atoms with E-state index in [2.05, 4.69) is 106 Å². The van der Waals surface area contributed by atoms with Gasteiger partial charge in [0.05, 0.1) is 59.2 Å². The number of aliphatic hydroxyl groups is 1. The first-order chi connectivity index (χ1) is 32.2. The molecule has 0 radical (unpaired) electrons. The number of fused-ring (bicyclic) bond motifs is 4. The summed E-state index contributed by atoms with van der Waals surface area (Å²) in [6, 6.07) is 12.8. The molecule has 17 nitrogen and oxygen atoms in total. The molecule has 6 heterocycles. The number of aromatic amines is 3. The molecule has 69 heavy (non-hydrogen) atoms. The van der Waals surface area contributed by atoms with Gasteiger partial charge in [0.1, 0.15) is 29.2 Å². The summed E-state index contributed by atoms with van der Waals surface area (Å²) in [5, 5.41) is 32.5. The predicted molar refractivity (Wildman–Crippen MR) is 278 cm³/mol. The lowest BCUT2D eigenvalue weighted by molar-refractivity contribution is 0.0884. The Morgan fingerprint density at radius 1 is 0.725 bits per heavy atom. The molecular weight excluding hydrogens is 905 g/mol. The lowest BCUT2D eigenvalue weighted by Gasteiger charge is -2.36. The smallest absolute Gasteiger partial charge is 0.255 e. The number of aromatic nitrogens is 10. The number of carbonyl (C=O) groups is 2. The molecule has 6 aromatic heterocycles. The van der Waals surface area contributed by atoms with Gasteiger partial charge in [-0.25, -0.2) is 19.9 Å². The minimum absolute atomic E-state index is 0.0960. The number of H-pyrrole nitrogens is 3. The van der Waals surface area contributed by atoms with E-state index >= 15 is 0 Å². The number of nitrogens with one attached hydrogen (secondary N) is 5. The van der Waals surface area contributed by atoms with Gasteiger partial charge < -0.3 is 34.5 Å². The van der Waals surface area contributed by atoms with E-state index in [1.807, 2.05) is 76.4 Å². The SMILES string of the molecule is CC(C)(C)NC(=O)c1c[nH]c2ncc(-c3[nH]nc4c(CO)cccc34)nc12.CC(C)(C)NC(=O)c1cn(COCC[Si](C)(C)C)c2ncc(-c3[nH]nc4c(CO[Si](C)(C)C(C)(C)C)cccc34)nc12. The molecule has 0 saturated carbocycles. The van der Waals surface area contributed by atoms with Crippen LogP contribution in [0.15, 0.2) is 61.2 Å². The van der Waals surface area contributed by atoms with Crippen LogP contribution < -0.4 is 10.6 Å². The van der Waals surface area contributed by atoms with E-state index in [1.54, 1.807) is 24.8 Å². The Hall–Kier alpha value is -6.13. The molecule has 8 rings (SSSR count). The molecule has 2 amide bonds. The van der Waals surface area contributed by atoms with Crippen LogP contribution in [-0.4, -0.2) is 101 Å². The standard InChI is InChI=1S/C31H48N6O3Si2.C19H20N6O2/c1-30(2,3)34-29(38)23-18-37(20-39-15-16-41(7,8)9)28-27(23)33-24(17-32-28)26-22-14-12-13-21(25(22)35-36-26)19-40-42(10,11)31(4,5)6;1-19(2,3)23-18(27)12-7-20-17-16(12)22-13(8-21-17)15-11-6-4-5-10(9-26)14(11)24-25-15/h12-14,17-18H,15-16,19-20H2,1-11H3,(H,34,38)(H,35,36);4-8,26H,9H2,1-3H3,(H,20,21)(H,23,27)(H,24,25). The fraction of sp³-hybridized carbons (Fsp3) is 0.440. The number of aliphatic hydroxyl groups excluding tert-OH is 1. The Labute approximate surface area is 405 Å². The quantitative estimate of drug-likeness (QED) is 0.0471. The number of amides is 2. The summed E-state index contributed by atoms with van der Waals surface area (Å²) < 4.78 is 14.4. The van der Waals surface area contributed by atoms with Crippen molar-refractivity contribution in [1.29, 1.82) is 0 Å². The summed E-state index contributed by atoms with van der Waals surface area (Å²) >= 11 is 0. The molecule has 0 atom stereocenters. The van der Waals surface area contributed by atoms with Crippen LogP contribution in [0.2, 0.25) is 43.8 Å². The molecule has 0 saturated heterocycles. The average molecular weight is 973 g/mol. The van der Waals surface area contributed by atoms with Gasteiger partial charge in [-0.15, -0.1) is 0 Å². The Bertz CT molecular complexity index is 3140. The van der Waals surface area contributed by atoms with Crippen molar-refractivity contribution in [2.75, 3.05) is 6.61 Å². The summed E-state index contributed by atoms with van der Waals surface area (Å²) in [6.45, 7) is 31.2. The Balaban J connectivity index is 0.000000223. The van der Waals surface area contributed by atoms with Gasteiger partial charge in [0.25, 0.3) is 11.8 Å². The molecule has 0 fully saturated rings. The lowest BCUT2D eigenvalue weighted by atomic mass is 10.1. The summed E-state index contributed by atoms with van der Waals surface area (Å²) in [5.74, 6) is -0.406. The molecule has 0 spiro atoms. The number of nitrogens with zero attached hydrogens (tertiary/aromatic N) is 7. The molecule has 8 aromatic rings. The van der Waals surface area contributed by atoms with Crippen molar-refractivity contribution in [2.24, 2.45) is 0 Å². The third kappa shape index (κ3) is 11.7. The summed E-state index contributed by atoms with van der Waals surface area (Å²) in [4.78, 5) is 47.7. The van der Waals surface area contributed by atoms with Gasteiger partial charge in [-0.05, 0) is 65.7 Å². The second-order valence-corrected chi connectivity index (χ2v) is 32.8. The second kappa shape index (κ2) is 19.3. The fourth-order valence-corrected chi connectivity index (χ4v) is 8.99. The molecule has 6 N–H and O–H groups in total.